The maximum absolute atomic E-state index is 15.2. The van der Waals surface area contributed by atoms with Crippen molar-refractivity contribution in [2.45, 2.75) is 25.5 Å². The molecule has 0 aliphatic heterocycles. The van der Waals surface area contributed by atoms with Crippen molar-refractivity contribution in [3.05, 3.63) is 105 Å². The second-order valence-electron chi connectivity index (χ2n) is 12.9. The number of fused-ring (bicyclic) bond motifs is 7. The Kier molecular flexibility index (Phi) is 8.56. The summed E-state index contributed by atoms with van der Waals surface area (Å²) < 4.78 is 136. The van der Waals surface area contributed by atoms with Crippen molar-refractivity contribution in [2.75, 3.05) is 0 Å². The van der Waals surface area contributed by atoms with E-state index in [4.69, 9.17) is 6.57 Å². The van der Waals surface area contributed by atoms with E-state index < -0.39 is 68.7 Å². The van der Waals surface area contributed by atoms with Gasteiger partial charge in [0, 0.05) is 36.0 Å². The predicted octanol–water partition coefficient (Wildman–Crippen LogP) is 9.21. The van der Waals surface area contributed by atoms with Crippen molar-refractivity contribution < 1.29 is 39.5 Å². The highest BCUT2D eigenvalue weighted by Gasteiger charge is 2.41. The smallest absolute Gasteiger partial charge is 0.335 e. The summed E-state index contributed by atoms with van der Waals surface area (Å²) in [5.74, 6) is 0. The maximum atomic E-state index is 15.2. The molecule has 5 aromatic carbocycles. The van der Waals surface area contributed by atoms with Crippen molar-refractivity contribution in [3.8, 4) is 40.5 Å². The number of hydrogen-bond donors (Lipinski definition) is 0. The van der Waals surface area contributed by atoms with Crippen LogP contribution in [0, 0.1) is 47.5 Å². The number of halogens is 9. The topological polar surface area (TPSA) is 111 Å². The lowest BCUT2D eigenvalue weighted by Gasteiger charge is -2.25. The Morgan fingerprint density at radius 3 is 1.56 bits per heavy atom. The van der Waals surface area contributed by atoms with Crippen LogP contribution in [0.3, 0.4) is 0 Å². The molecular formula is C40H19F9N8. The molecular weight excluding hydrogens is 763 g/mol. The molecule has 17 heteroatoms. The first-order valence-corrected chi connectivity index (χ1v) is 16.3. The van der Waals surface area contributed by atoms with Crippen molar-refractivity contribution in [1.82, 2.24) is 19.1 Å². The fourth-order valence-corrected chi connectivity index (χ4v) is 7.32. The molecule has 0 aliphatic carbocycles. The zero-order valence-electron chi connectivity index (χ0n) is 29.3. The van der Waals surface area contributed by atoms with Crippen molar-refractivity contribution in [1.29, 1.82) is 15.8 Å². The third kappa shape index (κ3) is 5.83. The third-order valence-corrected chi connectivity index (χ3v) is 9.66. The highest BCUT2D eigenvalue weighted by Crippen LogP contribution is 2.53. The summed E-state index contributed by atoms with van der Waals surface area (Å²) in [6.45, 7) is 8.89. The van der Waals surface area contributed by atoms with Gasteiger partial charge in [0.1, 0.15) is 17.6 Å². The van der Waals surface area contributed by atoms with E-state index in [0.29, 0.717) is 12.1 Å². The molecule has 2 aromatic heterocycles. The number of nitrogens with zero attached hydrogens (tertiary/aromatic N) is 8. The summed E-state index contributed by atoms with van der Waals surface area (Å²) in [6.07, 6.45) is -15.9. The molecule has 0 unspecified atom stereocenters. The minimum Gasteiger partial charge on any atom is -0.335 e. The Morgan fingerprint density at radius 2 is 1.11 bits per heavy atom. The van der Waals surface area contributed by atoms with E-state index in [1.54, 1.807) is 18.2 Å². The number of benzene rings is 5. The van der Waals surface area contributed by atoms with E-state index >= 15 is 26.3 Å². The number of alkyl halides is 9. The van der Waals surface area contributed by atoms with Crippen molar-refractivity contribution >= 4 is 54.9 Å². The second-order valence-corrected chi connectivity index (χ2v) is 12.9. The molecule has 0 N–H and O–H groups in total. The SMILES string of the molecule is [C-]#[N+]/C(C#N)=c1\nc2ccc3c4ccc5nc(=C(C#N)C#N)n(C)c5c4c(-c4ccc(C(F)(F)F)cc4C(F)(F)F)c(-c4ccc(C)cc4C(F)(F)F)c3c2n1C. The monoisotopic (exact) mass is 782 g/mol. The van der Waals surface area contributed by atoms with Crippen LogP contribution in [0.4, 0.5) is 39.5 Å². The highest BCUT2D eigenvalue weighted by molar-refractivity contribution is 6.31. The first kappa shape index (κ1) is 37.9. The first-order chi connectivity index (χ1) is 26.8. The molecule has 0 aliphatic rings. The largest absolute Gasteiger partial charge is 0.417 e. The van der Waals surface area contributed by atoms with E-state index in [-0.39, 0.29) is 66.2 Å². The van der Waals surface area contributed by atoms with Gasteiger partial charge in [0.05, 0.1) is 51.4 Å². The Labute approximate surface area is 314 Å². The van der Waals surface area contributed by atoms with Gasteiger partial charge >= 0.3 is 24.2 Å². The van der Waals surface area contributed by atoms with Crippen LogP contribution in [-0.2, 0) is 32.6 Å². The lowest BCUT2D eigenvalue weighted by molar-refractivity contribution is -0.143. The number of aryl methyl sites for hydroxylation is 3. The number of imidazole rings is 2. The van der Waals surface area contributed by atoms with Gasteiger partial charge in [-0.15, -0.1) is 0 Å². The number of aromatic nitrogens is 4. The molecule has 0 radical (unpaired) electrons. The maximum Gasteiger partial charge on any atom is 0.417 e. The molecule has 57 heavy (non-hydrogen) atoms. The number of nitriles is 3. The molecule has 7 rings (SSSR count). The van der Waals surface area contributed by atoms with E-state index in [1.807, 2.05) is 0 Å². The van der Waals surface area contributed by atoms with Crippen LogP contribution >= 0.6 is 0 Å². The summed E-state index contributed by atoms with van der Waals surface area (Å²) >= 11 is 0. The van der Waals surface area contributed by atoms with Gasteiger partial charge in [-0.3, -0.25) is 0 Å². The number of hydrogen-bond acceptors (Lipinski definition) is 5. The van der Waals surface area contributed by atoms with Crippen LogP contribution < -0.4 is 11.0 Å². The molecule has 0 atom stereocenters. The van der Waals surface area contributed by atoms with Crippen LogP contribution in [0.2, 0.25) is 0 Å². The Hall–Kier alpha value is -7.37. The van der Waals surface area contributed by atoms with E-state index in [1.165, 1.54) is 60.5 Å². The van der Waals surface area contributed by atoms with Crippen LogP contribution in [-0.4, -0.2) is 19.1 Å². The fraction of sp³-hybridized carbons (Fsp3) is 0.150. The first-order valence-electron chi connectivity index (χ1n) is 16.3. The summed E-state index contributed by atoms with van der Waals surface area (Å²) in [5.41, 5.74) is -8.89. The average Bonchev–Trinajstić information content (AvgIpc) is 3.66. The molecule has 7 aromatic rings. The summed E-state index contributed by atoms with van der Waals surface area (Å²) in [4.78, 5) is 12.0. The van der Waals surface area contributed by atoms with Crippen molar-refractivity contribution in [2.24, 2.45) is 14.1 Å². The van der Waals surface area contributed by atoms with Gasteiger partial charge < -0.3 is 9.13 Å². The molecule has 0 saturated carbocycles. The minimum atomic E-state index is -5.51. The summed E-state index contributed by atoms with van der Waals surface area (Å²) in [5, 5.41) is 29.1. The van der Waals surface area contributed by atoms with E-state index in [0.717, 1.165) is 12.1 Å². The zero-order valence-corrected chi connectivity index (χ0v) is 29.3. The molecule has 0 spiro atoms. The zero-order chi connectivity index (χ0) is 41.5. The van der Waals surface area contributed by atoms with Crippen LogP contribution in [0.5, 0.6) is 0 Å². The lowest BCUT2D eigenvalue weighted by Crippen LogP contribution is -2.18. The molecule has 282 valence electrons. The molecule has 8 nitrogen and oxygen atoms in total. The van der Waals surface area contributed by atoms with Crippen LogP contribution in [0.25, 0.3) is 82.0 Å². The predicted molar refractivity (Wildman–Crippen MR) is 190 cm³/mol. The van der Waals surface area contributed by atoms with E-state index in [9.17, 15) is 29.0 Å². The standard InChI is InChI=1S/C40H19F9N8/c1-18-5-7-23(25(13-18)39(44,45)46)30-31(24-8-6-20(38(41,42)43)14-26(24)40(47,48)49)32-21(9-11-27-34(32)56(3)36(54-27)19(15-50)16-51)22-10-12-28-35(33(22)30)57(4)37(55-28)29(17-52)53-2/h5-14H,1,3-4H3/b37-29+. The average molecular weight is 783 g/mol. The Balaban J connectivity index is 1.96. The second kappa shape index (κ2) is 12.9. The van der Waals surface area contributed by atoms with Gasteiger partial charge in [-0.2, -0.15) is 50.0 Å². The third-order valence-electron chi connectivity index (χ3n) is 9.66. The molecule has 2 heterocycles. The normalized spacial score (nSPS) is 12.8. The Morgan fingerprint density at radius 1 is 0.632 bits per heavy atom. The van der Waals surface area contributed by atoms with Gasteiger partial charge in [-0.05, 0) is 59.2 Å². The van der Waals surface area contributed by atoms with Crippen LogP contribution in [0.15, 0.2) is 60.7 Å². The quantitative estimate of drug-likeness (QED) is 0.0987. The fourth-order valence-electron chi connectivity index (χ4n) is 7.32. The van der Waals surface area contributed by atoms with Gasteiger partial charge in [-0.25, -0.2) is 20.1 Å². The molecule has 0 amide bonds. The lowest BCUT2D eigenvalue weighted by atomic mass is 9.81. The molecule has 0 saturated heterocycles. The van der Waals surface area contributed by atoms with Gasteiger partial charge in [0.25, 0.3) is 0 Å². The summed E-state index contributed by atoms with van der Waals surface area (Å²) in [7, 11) is 2.69. The Bertz CT molecular complexity index is 3190. The van der Waals surface area contributed by atoms with Gasteiger partial charge in [0.15, 0.2) is 11.1 Å². The number of rotatable bonds is 2. The van der Waals surface area contributed by atoms with Crippen LogP contribution in [0.1, 0.15) is 22.3 Å². The molecule has 0 bridgehead atoms. The van der Waals surface area contributed by atoms with Gasteiger partial charge in [0.2, 0.25) is 0 Å². The van der Waals surface area contributed by atoms with Crippen molar-refractivity contribution in [3.63, 3.8) is 0 Å². The highest BCUT2D eigenvalue weighted by atomic mass is 19.4. The summed E-state index contributed by atoms with van der Waals surface area (Å²) in [6, 6.07) is 14.8. The van der Waals surface area contributed by atoms with E-state index in [2.05, 4.69) is 14.8 Å². The minimum absolute atomic E-state index is 0.0100. The van der Waals surface area contributed by atoms with Gasteiger partial charge in [-0.1, -0.05) is 35.9 Å². The molecule has 0 fully saturated rings.